The minimum atomic E-state index is -1.24. The van der Waals surface area contributed by atoms with Crippen molar-refractivity contribution in [1.82, 2.24) is 4.90 Å². The first kappa shape index (κ1) is 13.9. The van der Waals surface area contributed by atoms with E-state index in [2.05, 4.69) is 0 Å². The third kappa shape index (κ3) is 3.17. The second-order valence-corrected chi connectivity index (χ2v) is 4.11. The van der Waals surface area contributed by atoms with Gasteiger partial charge in [-0.25, -0.2) is 4.79 Å². The van der Waals surface area contributed by atoms with E-state index in [-0.39, 0.29) is 18.8 Å². The molecule has 3 unspecified atom stereocenters. The van der Waals surface area contributed by atoms with Gasteiger partial charge in [0.15, 0.2) is 6.04 Å². The smallest absolute Gasteiger partial charge is 0.332 e. The summed E-state index contributed by atoms with van der Waals surface area (Å²) in [6, 6.07) is -1.27. The molecule has 0 aromatic rings. The van der Waals surface area contributed by atoms with E-state index in [0.717, 1.165) is 6.42 Å². The van der Waals surface area contributed by atoms with Crippen molar-refractivity contribution in [1.29, 1.82) is 0 Å². The lowest BCUT2D eigenvalue weighted by atomic mass is 10.1. The van der Waals surface area contributed by atoms with Crippen LogP contribution in [0.4, 0.5) is 0 Å². The standard InChI is InChI=1S/C11H20N2O4/c1-4-16-11(15)9(12)10(14)13(3)8-5-6-17-7(8)2/h7-9H,4-6,12H2,1-3H3. The van der Waals surface area contributed by atoms with Crippen LogP contribution >= 0.6 is 0 Å². The van der Waals surface area contributed by atoms with Gasteiger partial charge in [-0.3, -0.25) is 4.79 Å². The summed E-state index contributed by atoms with van der Waals surface area (Å²) in [7, 11) is 1.64. The monoisotopic (exact) mass is 244 g/mol. The number of rotatable bonds is 4. The second-order valence-electron chi connectivity index (χ2n) is 4.11. The molecule has 0 aromatic carbocycles. The lowest BCUT2D eigenvalue weighted by Crippen LogP contribution is -2.52. The van der Waals surface area contributed by atoms with E-state index < -0.39 is 17.9 Å². The highest BCUT2D eigenvalue weighted by Crippen LogP contribution is 2.18. The summed E-state index contributed by atoms with van der Waals surface area (Å²) in [5, 5.41) is 0. The predicted molar refractivity (Wildman–Crippen MR) is 61.2 cm³/mol. The van der Waals surface area contributed by atoms with Gasteiger partial charge in [-0.05, 0) is 20.3 Å². The Morgan fingerprint density at radius 2 is 2.24 bits per heavy atom. The van der Waals surface area contributed by atoms with Gasteiger partial charge >= 0.3 is 5.97 Å². The number of ether oxygens (including phenoxy) is 2. The van der Waals surface area contributed by atoms with Crippen molar-refractivity contribution in [2.45, 2.75) is 38.5 Å². The van der Waals surface area contributed by atoms with Gasteiger partial charge in [0.05, 0.1) is 18.8 Å². The molecule has 2 N–H and O–H groups in total. The maximum absolute atomic E-state index is 11.9. The molecule has 6 heteroatoms. The van der Waals surface area contributed by atoms with Gasteiger partial charge in [-0.1, -0.05) is 0 Å². The topological polar surface area (TPSA) is 81.9 Å². The van der Waals surface area contributed by atoms with Crippen LogP contribution in [-0.2, 0) is 19.1 Å². The Balaban J connectivity index is 2.59. The molecule has 0 radical (unpaired) electrons. The largest absolute Gasteiger partial charge is 0.464 e. The zero-order valence-electron chi connectivity index (χ0n) is 10.5. The molecule has 1 amide bonds. The molecule has 1 saturated heterocycles. The zero-order chi connectivity index (χ0) is 13.0. The minimum absolute atomic E-state index is 0.0250. The van der Waals surface area contributed by atoms with E-state index in [1.165, 1.54) is 4.90 Å². The first-order valence-corrected chi connectivity index (χ1v) is 5.79. The highest BCUT2D eigenvalue weighted by molar-refractivity contribution is 6.01. The Morgan fingerprint density at radius 1 is 1.59 bits per heavy atom. The summed E-state index contributed by atoms with van der Waals surface area (Å²) in [6.07, 6.45) is 0.734. The average Bonchev–Trinajstić information content (AvgIpc) is 2.72. The molecule has 3 atom stereocenters. The first-order chi connectivity index (χ1) is 7.99. The van der Waals surface area contributed by atoms with E-state index in [1.807, 2.05) is 6.92 Å². The lowest BCUT2D eigenvalue weighted by Gasteiger charge is -2.28. The Labute approximate surface area is 101 Å². The van der Waals surface area contributed by atoms with Gasteiger partial charge in [0.25, 0.3) is 5.91 Å². The SMILES string of the molecule is CCOC(=O)C(N)C(=O)N(C)C1CCOC1C. The Morgan fingerprint density at radius 3 is 2.71 bits per heavy atom. The number of hydrogen-bond acceptors (Lipinski definition) is 5. The van der Waals surface area contributed by atoms with E-state index in [0.29, 0.717) is 6.61 Å². The van der Waals surface area contributed by atoms with Crippen molar-refractivity contribution in [2.75, 3.05) is 20.3 Å². The number of carbonyl (C=O) groups excluding carboxylic acids is 2. The Hall–Kier alpha value is -1.14. The van der Waals surface area contributed by atoms with Gasteiger partial charge in [0, 0.05) is 13.7 Å². The first-order valence-electron chi connectivity index (χ1n) is 5.79. The Kier molecular flexibility index (Phi) is 4.89. The summed E-state index contributed by atoms with van der Waals surface area (Å²) >= 11 is 0. The lowest BCUT2D eigenvalue weighted by molar-refractivity contribution is -0.151. The quantitative estimate of drug-likeness (QED) is 0.533. The number of likely N-dealkylation sites (N-methyl/N-ethyl adjacent to an activating group) is 1. The molecule has 1 heterocycles. The van der Waals surface area contributed by atoms with Crippen LogP contribution in [0.15, 0.2) is 0 Å². The molecule has 1 fully saturated rings. The fraction of sp³-hybridized carbons (Fsp3) is 0.818. The van der Waals surface area contributed by atoms with Crippen LogP contribution in [0.3, 0.4) is 0 Å². The van der Waals surface area contributed by atoms with E-state index in [9.17, 15) is 9.59 Å². The molecule has 0 aromatic heterocycles. The molecule has 0 saturated carbocycles. The van der Waals surface area contributed by atoms with Crippen LogP contribution in [0, 0.1) is 0 Å². The maximum Gasteiger partial charge on any atom is 0.332 e. The molecule has 6 nitrogen and oxygen atoms in total. The predicted octanol–water partition coefficient (Wildman–Crippen LogP) is -0.487. The highest BCUT2D eigenvalue weighted by atomic mass is 16.5. The molecule has 0 bridgehead atoms. The molecule has 17 heavy (non-hydrogen) atoms. The number of hydrogen-bond donors (Lipinski definition) is 1. The van der Waals surface area contributed by atoms with Crippen LogP contribution in [0.5, 0.6) is 0 Å². The summed E-state index contributed by atoms with van der Waals surface area (Å²) in [4.78, 5) is 24.8. The average molecular weight is 244 g/mol. The van der Waals surface area contributed by atoms with Crippen molar-refractivity contribution in [3.8, 4) is 0 Å². The van der Waals surface area contributed by atoms with Gasteiger partial charge in [0.2, 0.25) is 0 Å². The summed E-state index contributed by atoms with van der Waals surface area (Å²) in [6.45, 7) is 4.41. The zero-order valence-corrected chi connectivity index (χ0v) is 10.5. The van der Waals surface area contributed by atoms with Crippen LogP contribution in [0.1, 0.15) is 20.3 Å². The van der Waals surface area contributed by atoms with Crippen molar-refractivity contribution >= 4 is 11.9 Å². The summed E-state index contributed by atoms with van der Waals surface area (Å²) < 4.78 is 10.1. The third-order valence-electron chi connectivity index (χ3n) is 2.99. The van der Waals surface area contributed by atoms with Crippen LogP contribution < -0.4 is 5.73 Å². The van der Waals surface area contributed by atoms with Crippen molar-refractivity contribution in [2.24, 2.45) is 5.73 Å². The third-order valence-corrected chi connectivity index (χ3v) is 2.99. The van der Waals surface area contributed by atoms with Gasteiger partial charge in [-0.2, -0.15) is 0 Å². The maximum atomic E-state index is 11.9. The Bertz CT molecular complexity index is 295. The molecule has 1 aliphatic rings. The molecular formula is C11H20N2O4. The molecule has 1 rings (SSSR count). The molecule has 1 aliphatic heterocycles. The van der Waals surface area contributed by atoms with E-state index in [1.54, 1.807) is 14.0 Å². The molecule has 0 spiro atoms. The van der Waals surface area contributed by atoms with Crippen molar-refractivity contribution in [3.05, 3.63) is 0 Å². The van der Waals surface area contributed by atoms with Crippen LogP contribution in [0.25, 0.3) is 0 Å². The number of nitrogens with zero attached hydrogens (tertiary/aromatic N) is 1. The van der Waals surface area contributed by atoms with Crippen LogP contribution in [-0.4, -0.2) is 55.2 Å². The van der Waals surface area contributed by atoms with Gasteiger partial charge in [0.1, 0.15) is 0 Å². The number of carbonyl (C=O) groups is 2. The number of nitrogens with two attached hydrogens (primary N) is 1. The van der Waals surface area contributed by atoms with Crippen molar-refractivity contribution < 1.29 is 19.1 Å². The van der Waals surface area contributed by atoms with Gasteiger partial charge in [-0.15, -0.1) is 0 Å². The molecule has 0 aliphatic carbocycles. The summed E-state index contributed by atoms with van der Waals surface area (Å²) in [5.41, 5.74) is 5.55. The minimum Gasteiger partial charge on any atom is -0.464 e. The van der Waals surface area contributed by atoms with Crippen LogP contribution in [0.2, 0.25) is 0 Å². The normalized spacial score (nSPS) is 25.4. The number of esters is 1. The number of amides is 1. The van der Waals surface area contributed by atoms with E-state index >= 15 is 0 Å². The fourth-order valence-electron chi connectivity index (χ4n) is 1.94. The van der Waals surface area contributed by atoms with Gasteiger partial charge < -0.3 is 20.1 Å². The second kappa shape index (κ2) is 5.97. The molecular weight excluding hydrogens is 224 g/mol. The highest BCUT2D eigenvalue weighted by Gasteiger charge is 2.35. The summed E-state index contributed by atoms with van der Waals surface area (Å²) in [5.74, 6) is -1.11. The molecule has 98 valence electrons. The van der Waals surface area contributed by atoms with Crippen molar-refractivity contribution in [3.63, 3.8) is 0 Å². The van der Waals surface area contributed by atoms with E-state index in [4.69, 9.17) is 15.2 Å². The fourth-order valence-corrected chi connectivity index (χ4v) is 1.94.